The number of carbonyl (C=O) groups excluding carboxylic acids is 3. The molecular weight excluding hydrogens is 749 g/mol. The molecule has 1 heterocycles. The number of nitrogen functional groups attached to an aromatic ring is 1. The number of amides is 2. The van der Waals surface area contributed by atoms with Gasteiger partial charge in [-0.05, 0) is 72.8 Å². The van der Waals surface area contributed by atoms with Crippen molar-refractivity contribution in [2.75, 3.05) is 39.4 Å². The van der Waals surface area contributed by atoms with Crippen LogP contribution in [-0.2, 0) is 29.6 Å². The van der Waals surface area contributed by atoms with Crippen LogP contribution >= 0.6 is 0 Å². The van der Waals surface area contributed by atoms with Gasteiger partial charge in [0.25, 0.3) is 31.9 Å². The first kappa shape index (κ1) is 43.3. The zero-order valence-electron chi connectivity index (χ0n) is 30.8. The highest BCUT2D eigenvalue weighted by Crippen LogP contribution is 2.39. The predicted molar refractivity (Wildman–Crippen MR) is 212 cm³/mol. The number of hydrogen-bond acceptors (Lipinski definition) is 10. The average Bonchev–Trinajstić information content (AvgIpc) is 3.46. The van der Waals surface area contributed by atoms with Crippen molar-refractivity contribution in [2.24, 2.45) is 0 Å². The zero-order chi connectivity index (χ0) is 41.1. The Balaban J connectivity index is 0.00000129. The van der Waals surface area contributed by atoms with Crippen molar-refractivity contribution < 1.29 is 46.2 Å². The third-order valence-electron chi connectivity index (χ3n) is 7.88. The van der Waals surface area contributed by atoms with E-state index in [0.29, 0.717) is 16.3 Å². The Morgan fingerprint density at radius 2 is 1.05 bits per heavy atom. The number of imide groups is 1. The van der Waals surface area contributed by atoms with Crippen molar-refractivity contribution in [3.8, 4) is 0 Å². The summed E-state index contributed by atoms with van der Waals surface area (Å²) in [5.41, 5.74) is 6.54. The van der Waals surface area contributed by atoms with Gasteiger partial charge in [-0.2, -0.15) is 0 Å². The van der Waals surface area contributed by atoms with Crippen LogP contribution in [0.25, 0.3) is 10.8 Å². The van der Waals surface area contributed by atoms with Crippen LogP contribution in [0.3, 0.4) is 0 Å². The van der Waals surface area contributed by atoms with Gasteiger partial charge < -0.3 is 20.7 Å². The molecule has 290 valence electrons. The van der Waals surface area contributed by atoms with Crippen LogP contribution in [0.4, 0.5) is 22.7 Å². The van der Waals surface area contributed by atoms with Gasteiger partial charge in [0, 0.05) is 23.6 Å². The molecule has 1 aliphatic rings. The maximum absolute atomic E-state index is 14.1. The number of benzene rings is 5. The van der Waals surface area contributed by atoms with Crippen molar-refractivity contribution >= 4 is 77.6 Å². The summed E-state index contributed by atoms with van der Waals surface area (Å²) in [6, 6.07) is 25.2. The predicted octanol–water partition coefficient (Wildman–Crippen LogP) is 5.56. The van der Waals surface area contributed by atoms with Gasteiger partial charge in [-0.3, -0.25) is 23.0 Å². The number of aliphatic carboxylic acids is 1. The third-order valence-corrected chi connectivity index (χ3v) is 11.4. The molecule has 0 unspecified atom stereocenters. The highest BCUT2D eigenvalue weighted by molar-refractivity contribution is 7.93. The minimum Gasteiger partial charge on any atom is -0.480 e. The van der Waals surface area contributed by atoms with E-state index in [0.717, 1.165) is 28.4 Å². The molecule has 0 saturated carbocycles. The van der Waals surface area contributed by atoms with Crippen molar-refractivity contribution in [2.45, 2.75) is 37.5 Å². The second-order valence-electron chi connectivity index (χ2n) is 10.8. The Bertz CT molecular complexity index is 2350. The van der Waals surface area contributed by atoms with Gasteiger partial charge in [-0.15, -0.1) is 0 Å². The van der Waals surface area contributed by atoms with Crippen LogP contribution in [0.1, 0.15) is 48.4 Å². The largest absolute Gasteiger partial charge is 0.480 e. The Kier molecular flexibility index (Phi) is 14.8. The molecule has 0 bridgehead atoms. The van der Waals surface area contributed by atoms with Gasteiger partial charge in [0.1, 0.15) is 12.8 Å². The summed E-state index contributed by atoms with van der Waals surface area (Å²) >= 11 is 0. The monoisotopic (exact) mass is 790 g/mol. The van der Waals surface area contributed by atoms with E-state index in [2.05, 4.69) is 0 Å². The molecule has 0 spiro atoms. The van der Waals surface area contributed by atoms with E-state index in [1.165, 1.54) is 72.8 Å². The van der Waals surface area contributed by atoms with E-state index in [9.17, 15) is 41.1 Å². The second-order valence-corrected chi connectivity index (χ2v) is 14.5. The van der Waals surface area contributed by atoms with Gasteiger partial charge in [-0.25, -0.2) is 21.7 Å². The van der Waals surface area contributed by atoms with Gasteiger partial charge in [-0.1, -0.05) is 64.1 Å². The lowest BCUT2D eigenvalue weighted by molar-refractivity contribution is -0.135. The molecule has 0 saturated heterocycles. The zero-order valence-corrected chi connectivity index (χ0v) is 32.4. The minimum atomic E-state index is -4.62. The number of carboxylic acids is 1. The third kappa shape index (κ3) is 8.67. The fourth-order valence-electron chi connectivity index (χ4n) is 5.60. The van der Waals surface area contributed by atoms with E-state index < -0.39 is 50.9 Å². The number of aliphatic hydroxyl groups is 1. The maximum Gasteiger partial charge on any atom is 0.324 e. The van der Waals surface area contributed by atoms with E-state index in [1.54, 1.807) is 24.3 Å². The molecule has 6 rings (SSSR count). The molecule has 16 heteroatoms. The van der Waals surface area contributed by atoms with Gasteiger partial charge in [0.15, 0.2) is 0 Å². The number of hydrogen-bond donors (Lipinski definition) is 3. The van der Waals surface area contributed by atoms with Crippen molar-refractivity contribution in [3.05, 3.63) is 120 Å². The standard InChI is InChI=1S/C34H26N4O9S2.2C2H6.CH4O/c35-22-9-13-24(14-10-22)48(44,45)36(19-20-39)30-17-18-31(27-6-2-1-5-26(27)30)37(21-32(40)41)49(46,47)25-15-11-23(12-16-25)38-33(42)28-7-3-4-8-29(28)34(38)43;3*1-2/h1-18,20H,19,21,35H2,(H,40,41);2*1-2H3;2H,1H3. The number of carbonyl (C=O) groups is 4. The lowest BCUT2D eigenvalue weighted by Gasteiger charge is -2.28. The summed E-state index contributed by atoms with van der Waals surface area (Å²) < 4.78 is 57.1. The number of sulfonamides is 2. The Morgan fingerprint density at radius 3 is 1.49 bits per heavy atom. The molecular formula is C39H42N4O10S2. The minimum absolute atomic E-state index is 0.0428. The number of anilines is 4. The number of nitrogens with zero attached hydrogens (tertiary/aromatic N) is 3. The van der Waals surface area contributed by atoms with Crippen LogP contribution in [0, 0.1) is 0 Å². The molecule has 4 N–H and O–H groups in total. The number of rotatable bonds is 11. The quantitative estimate of drug-likeness (QED) is 0.0856. The summed E-state index contributed by atoms with van der Waals surface area (Å²) in [6.07, 6.45) is 0.407. The van der Waals surface area contributed by atoms with E-state index in [4.69, 9.17) is 10.8 Å². The molecule has 2 amide bonds. The molecule has 0 atom stereocenters. The first-order chi connectivity index (χ1) is 26.4. The van der Waals surface area contributed by atoms with E-state index >= 15 is 0 Å². The summed E-state index contributed by atoms with van der Waals surface area (Å²) in [6.45, 7) is 6.42. The smallest absolute Gasteiger partial charge is 0.324 e. The van der Waals surface area contributed by atoms with Crippen LogP contribution in [-0.4, -0.2) is 71.3 Å². The number of fused-ring (bicyclic) bond motifs is 2. The SMILES string of the molecule is CC.CC.CO.Nc1ccc(S(=O)(=O)N(CC=O)c2ccc(N(CC(=O)O)S(=O)(=O)c3ccc(N4C(=O)c5ccccc5C4=O)cc3)c3ccccc23)cc1. The molecule has 0 aromatic heterocycles. The molecule has 55 heavy (non-hydrogen) atoms. The van der Waals surface area contributed by atoms with Crippen molar-refractivity contribution in [1.29, 1.82) is 0 Å². The summed E-state index contributed by atoms with van der Waals surface area (Å²) in [5.74, 6) is -2.62. The lowest BCUT2D eigenvalue weighted by atomic mass is 10.1. The summed E-state index contributed by atoms with van der Waals surface area (Å²) in [7, 11) is -7.93. The molecule has 5 aromatic carbocycles. The molecule has 5 aromatic rings. The fraction of sp³-hybridized carbons (Fsp3) is 0.179. The van der Waals surface area contributed by atoms with Gasteiger partial charge in [0.05, 0.1) is 44.5 Å². The molecule has 0 fully saturated rings. The summed E-state index contributed by atoms with van der Waals surface area (Å²) in [5, 5.41) is 17.2. The van der Waals surface area contributed by atoms with Gasteiger partial charge >= 0.3 is 5.97 Å². The van der Waals surface area contributed by atoms with Gasteiger partial charge in [0.2, 0.25) is 0 Å². The van der Waals surface area contributed by atoms with Crippen molar-refractivity contribution in [3.63, 3.8) is 0 Å². The van der Waals surface area contributed by atoms with E-state index in [1.807, 2.05) is 27.7 Å². The van der Waals surface area contributed by atoms with Crippen LogP contribution in [0.5, 0.6) is 0 Å². The topological polar surface area (TPSA) is 213 Å². The number of nitrogens with two attached hydrogens (primary N) is 1. The number of carboxylic acid groups (broad SMARTS) is 1. The van der Waals surface area contributed by atoms with Crippen LogP contribution in [0.2, 0.25) is 0 Å². The number of aldehydes is 1. The lowest BCUT2D eigenvalue weighted by Crippen LogP contribution is -2.36. The summed E-state index contributed by atoms with van der Waals surface area (Å²) in [4.78, 5) is 50.1. The maximum atomic E-state index is 14.1. The highest BCUT2D eigenvalue weighted by Gasteiger charge is 2.37. The number of aliphatic hydroxyl groups excluding tert-OH is 1. The first-order valence-electron chi connectivity index (χ1n) is 17.0. The Hall–Kier alpha value is -6.10. The molecule has 0 aliphatic carbocycles. The molecule has 14 nitrogen and oxygen atoms in total. The van der Waals surface area contributed by atoms with Crippen LogP contribution < -0.4 is 19.2 Å². The Labute approximate surface area is 320 Å². The fourth-order valence-corrected chi connectivity index (χ4v) is 8.45. The normalized spacial score (nSPS) is 11.9. The second kappa shape index (κ2) is 18.8. The first-order valence-corrected chi connectivity index (χ1v) is 19.8. The highest BCUT2D eigenvalue weighted by atomic mass is 32.2. The molecule has 1 aliphatic heterocycles. The van der Waals surface area contributed by atoms with Crippen LogP contribution in [0.15, 0.2) is 119 Å². The van der Waals surface area contributed by atoms with E-state index in [-0.39, 0.29) is 48.8 Å². The molecule has 0 radical (unpaired) electrons. The Morgan fingerprint density at radius 1 is 0.655 bits per heavy atom. The van der Waals surface area contributed by atoms with Crippen molar-refractivity contribution in [1.82, 2.24) is 0 Å². The average molecular weight is 791 g/mol.